The lowest BCUT2D eigenvalue weighted by atomic mass is 9.82. The molecule has 0 aromatic carbocycles. The van der Waals surface area contributed by atoms with E-state index in [9.17, 15) is 4.79 Å². The Morgan fingerprint density at radius 1 is 1.50 bits per heavy atom. The second kappa shape index (κ2) is 7.31. The number of carbonyl (C=O) groups excluding carboxylic acids is 1. The molecular formula is C13H25ClN2O2. The van der Waals surface area contributed by atoms with Gasteiger partial charge in [0, 0.05) is 19.7 Å². The number of ether oxygens (including phenoxy) is 1. The number of carbonyl (C=O) groups is 1. The highest BCUT2D eigenvalue weighted by atomic mass is 35.5. The molecule has 18 heavy (non-hydrogen) atoms. The third-order valence-corrected chi connectivity index (χ3v) is 3.95. The molecule has 2 aliphatic heterocycles. The average Bonchev–Trinajstić information content (AvgIpc) is 2.38. The van der Waals surface area contributed by atoms with E-state index in [1.165, 1.54) is 6.42 Å². The van der Waals surface area contributed by atoms with Gasteiger partial charge in [0.25, 0.3) is 0 Å². The van der Waals surface area contributed by atoms with Crippen molar-refractivity contribution in [1.82, 2.24) is 10.6 Å². The second-order valence-electron chi connectivity index (χ2n) is 5.63. The van der Waals surface area contributed by atoms with Crippen molar-refractivity contribution in [3.8, 4) is 0 Å². The highest BCUT2D eigenvalue weighted by Gasteiger charge is 2.34. The van der Waals surface area contributed by atoms with E-state index in [-0.39, 0.29) is 23.7 Å². The Hall–Kier alpha value is -0.320. The summed E-state index contributed by atoms with van der Waals surface area (Å²) in [6.45, 7) is 6.36. The first-order valence-electron chi connectivity index (χ1n) is 6.77. The quantitative estimate of drug-likeness (QED) is 0.818. The van der Waals surface area contributed by atoms with E-state index in [1.807, 2.05) is 0 Å². The van der Waals surface area contributed by atoms with E-state index in [0.717, 1.165) is 52.1 Å². The Morgan fingerprint density at radius 3 is 2.94 bits per heavy atom. The van der Waals surface area contributed by atoms with Crippen LogP contribution in [-0.4, -0.2) is 38.8 Å². The Bertz CT molecular complexity index is 262. The lowest BCUT2D eigenvalue weighted by Gasteiger charge is -2.33. The summed E-state index contributed by atoms with van der Waals surface area (Å²) in [5, 5.41) is 6.41. The highest BCUT2D eigenvalue weighted by Crippen LogP contribution is 2.25. The minimum absolute atomic E-state index is 0. The molecule has 4 nitrogen and oxygen atoms in total. The summed E-state index contributed by atoms with van der Waals surface area (Å²) in [6.07, 6.45) is 4.39. The minimum Gasteiger partial charge on any atom is -0.381 e. The zero-order valence-electron chi connectivity index (χ0n) is 11.2. The Kier molecular flexibility index (Phi) is 6.39. The fourth-order valence-electron chi connectivity index (χ4n) is 2.67. The van der Waals surface area contributed by atoms with Crippen molar-refractivity contribution in [3.63, 3.8) is 0 Å². The molecule has 0 aromatic heterocycles. The van der Waals surface area contributed by atoms with Crippen LogP contribution >= 0.6 is 12.4 Å². The van der Waals surface area contributed by atoms with Crippen LogP contribution in [0.4, 0.5) is 0 Å². The van der Waals surface area contributed by atoms with Gasteiger partial charge in [0.15, 0.2) is 0 Å². The molecule has 2 unspecified atom stereocenters. The number of piperidine rings is 1. The minimum atomic E-state index is -0.215. The number of halogens is 1. The topological polar surface area (TPSA) is 50.4 Å². The van der Waals surface area contributed by atoms with Gasteiger partial charge >= 0.3 is 0 Å². The average molecular weight is 277 g/mol. The van der Waals surface area contributed by atoms with E-state index < -0.39 is 0 Å². The van der Waals surface area contributed by atoms with Gasteiger partial charge in [-0.25, -0.2) is 0 Å². The summed E-state index contributed by atoms with van der Waals surface area (Å²) in [6, 6.07) is 0. The third-order valence-electron chi connectivity index (χ3n) is 3.95. The smallest absolute Gasteiger partial charge is 0.227 e. The van der Waals surface area contributed by atoms with Gasteiger partial charge in [0.05, 0.1) is 12.0 Å². The number of nitrogens with one attached hydrogen (secondary N) is 2. The first-order valence-corrected chi connectivity index (χ1v) is 6.77. The number of hydrogen-bond acceptors (Lipinski definition) is 3. The lowest BCUT2D eigenvalue weighted by molar-refractivity contribution is -0.131. The second-order valence-corrected chi connectivity index (χ2v) is 5.63. The molecule has 0 radical (unpaired) electrons. The van der Waals surface area contributed by atoms with Crippen molar-refractivity contribution in [2.45, 2.75) is 32.6 Å². The molecule has 1 amide bonds. The van der Waals surface area contributed by atoms with Crippen molar-refractivity contribution in [2.75, 3.05) is 32.8 Å². The zero-order chi connectivity index (χ0) is 12.1. The van der Waals surface area contributed by atoms with E-state index in [1.54, 1.807) is 0 Å². The van der Waals surface area contributed by atoms with Gasteiger partial charge in [-0.1, -0.05) is 0 Å². The summed E-state index contributed by atoms with van der Waals surface area (Å²) in [4.78, 5) is 12.2. The molecule has 2 fully saturated rings. The molecule has 2 N–H and O–H groups in total. The SMILES string of the molecule is CC1(C(=O)NCC2CCCOC2)CCCNC1.Cl. The summed E-state index contributed by atoms with van der Waals surface area (Å²) in [5.41, 5.74) is -0.215. The summed E-state index contributed by atoms with van der Waals surface area (Å²) >= 11 is 0. The normalized spacial score (nSPS) is 32.4. The maximum Gasteiger partial charge on any atom is 0.227 e. The van der Waals surface area contributed by atoms with Crippen LogP contribution in [0.1, 0.15) is 32.6 Å². The molecule has 0 bridgehead atoms. The van der Waals surface area contributed by atoms with Crippen LogP contribution in [0, 0.1) is 11.3 Å². The summed E-state index contributed by atoms with van der Waals surface area (Å²) in [7, 11) is 0. The molecule has 5 heteroatoms. The van der Waals surface area contributed by atoms with Crippen LogP contribution in [0.5, 0.6) is 0 Å². The number of hydrogen-bond donors (Lipinski definition) is 2. The molecular weight excluding hydrogens is 252 g/mol. The van der Waals surface area contributed by atoms with Crippen LogP contribution in [0.15, 0.2) is 0 Å². The van der Waals surface area contributed by atoms with Gasteiger partial charge < -0.3 is 15.4 Å². The molecule has 0 aliphatic carbocycles. The monoisotopic (exact) mass is 276 g/mol. The molecule has 2 saturated heterocycles. The third kappa shape index (κ3) is 4.11. The van der Waals surface area contributed by atoms with Crippen molar-refractivity contribution < 1.29 is 9.53 Å². The highest BCUT2D eigenvalue weighted by molar-refractivity contribution is 5.85. The number of amides is 1. The van der Waals surface area contributed by atoms with Crippen molar-refractivity contribution in [2.24, 2.45) is 11.3 Å². The van der Waals surface area contributed by atoms with Gasteiger partial charge in [0.1, 0.15) is 0 Å². The molecule has 2 atom stereocenters. The Labute approximate surface area is 116 Å². The molecule has 0 saturated carbocycles. The van der Waals surface area contributed by atoms with Crippen LogP contribution in [-0.2, 0) is 9.53 Å². The molecule has 0 aromatic rings. The van der Waals surface area contributed by atoms with Crippen molar-refractivity contribution in [1.29, 1.82) is 0 Å². The standard InChI is InChI=1S/C13H24N2O2.ClH/c1-13(5-3-6-14-10-13)12(16)15-8-11-4-2-7-17-9-11;/h11,14H,2-10H2,1H3,(H,15,16);1H. The Balaban J connectivity index is 0.00000162. The van der Waals surface area contributed by atoms with E-state index in [2.05, 4.69) is 17.6 Å². The summed E-state index contributed by atoms with van der Waals surface area (Å²) in [5.74, 6) is 0.711. The largest absolute Gasteiger partial charge is 0.381 e. The van der Waals surface area contributed by atoms with Crippen LogP contribution < -0.4 is 10.6 Å². The summed E-state index contributed by atoms with van der Waals surface area (Å²) < 4.78 is 5.42. The van der Waals surface area contributed by atoms with Crippen molar-refractivity contribution >= 4 is 18.3 Å². The van der Waals surface area contributed by atoms with Gasteiger partial charge in [-0.15, -0.1) is 12.4 Å². The predicted molar refractivity (Wildman–Crippen MR) is 74.0 cm³/mol. The Morgan fingerprint density at radius 2 is 2.33 bits per heavy atom. The van der Waals surface area contributed by atoms with Gasteiger partial charge in [-0.2, -0.15) is 0 Å². The molecule has 2 aliphatic rings. The van der Waals surface area contributed by atoms with Crippen LogP contribution in [0.25, 0.3) is 0 Å². The first kappa shape index (κ1) is 15.7. The zero-order valence-corrected chi connectivity index (χ0v) is 12.0. The van der Waals surface area contributed by atoms with Crippen LogP contribution in [0.3, 0.4) is 0 Å². The first-order chi connectivity index (χ1) is 8.21. The lowest BCUT2D eigenvalue weighted by Crippen LogP contribution is -2.49. The fourth-order valence-corrected chi connectivity index (χ4v) is 2.67. The molecule has 0 spiro atoms. The van der Waals surface area contributed by atoms with E-state index >= 15 is 0 Å². The molecule has 2 heterocycles. The van der Waals surface area contributed by atoms with E-state index in [0.29, 0.717) is 5.92 Å². The van der Waals surface area contributed by atoms with Gasteiger partial charge in [-0.05, 0) is 45.1 Å². The van der Waals surface area contributed by atoms with Crippen molar-refractivity contribution in [3.05, 3.63) is 0 Å². The maximum absolute atomic E-state index is 12.2. The van der Waals surface area contributed by atoms with Crippen LogP contribution in [0.2, 0.25) is 0 Å². The molecule has 106 valence electrons. The maximum atomic E-state index is 12.2. The van der Waals surface area contributed by atoms with E-state index in [4.69, 9.17) is 4.74 Å². The van der Waals surface area contributed by atoms with Gasteiger partial charge in [-0.3, -0.25) is 4.79 Å². The molecule has 2 rings (SSSR count). The predicted octanol–water partition coefficient (Wildman–Crippen LogP) is 1.34. The van der Waals surface area contributed by atoms with Gasteiger partial charge in [0.2, 0.25) is 5.91 Å². The fraction of sp³-hybridized carbons (Fsp3) is 0.923. The number of rotatable bonds is 3.